The summed E-state index contributed by atoms with van der Waals surface area (Å²) in [5, 5.41) is 17.0. The molecule has 0 amide bonds. The van der Waals surface area contributed by atoms with Crippen LogP contribution < -0.4 is 10.6 Å². The molecule has 29 heavy (non-hydrogen) atoms. The Bertz CT molecular complexity index is 824. The topological polar surface area (TPSA) is 69.8 Å². The Kier molecular flexibility index (Phi) is 10.3. The van der Waals surface area contributed by atoms with Gasteiger partial charge in [0.25, 0.3) is 0 Å². The molecule has 3 rings (SSSR count). The normalized spacial score (nSPS) is 12.1. The van der Waals surface area contributed by atoms with Crippen LogP contribution in [0.1, 0.15) is 23.0 Å². The second-order valence-corrected chi connectivity index (χ2v) is 6.53. The van der Waals surface area contributed by atoms with Crippen molar-refractivity contribution in [3.8, 4) is 0 Å². The average molecular weight is 505 g/mol. The third-order valence-electron chi connectivity index (χ3n) is 4.40. The fourth-order valence-electron chi connectivity index (χ4n) is 2.86. The zero-order chi connectivity index (χ0) is 19.4. The van der Waals surface area contributed by atoms with Crippen LogP contribution in [-0.4, -0.2) is 30.7 Å². The smallest absolute Gasteiger partial charge is 0.191 e. The summed E-state index contributed by atoms with van der Waals surface area (Å²) < 4.78 is 5.37. The van der Waals surface area contributed by atoms with Crippen molar-refractivity contribution in [1.29, 1.82) is 0 Å². The molecule has 5 nitrogen and oxygen atoms in total. The Hall–Kier alpha value is -2.32. The lowest BCUT2D eigenvalue weighted by atomic mass is 10.1. The van der Waals surface area contributed by atoms with Crippen molar-refractivity contribution in [1.82, 2.24) is 10.6 Å². The van der Waals surface area contributed by atoms with Crippen molar-refractivity contribution in [2.75, 3.05) is 19.6 Å². The van der Waals surface area contributed by atoms with Gasteiger partial charge in [-0.2, -0.15) is 0 Å². The standard InChI is InChI=1S/C23H27N3O2.HI/c27-22(20-10-5-2-6-11-20)18-26-23(25-16-14-21-12-7-17-28-21)24-15-13-19-8-3-1-4-9-19;/h1-12,17,22,27H,13-16,18H2,(H2,24,25,26);1H. The molecule has 0 saturated heterocycles. The second-order valence-electron chi connectivity index (χ2n) is 6.53. The van der Waals surface area contributed by atoms with Crippen LogP contribution in [0.5, 0.6) is 0 Å². The third kappa shape index (κ3) is 8.29. The van der Waals surface area contributed by atoms with E-state index in [1.807, 2.05) is 60.7 Å². The van der Waals surface area contributed by atoms with Gasteiger partial charge < -0.3 is 20.2 Å². The molecular weight excluding hydrogens is 477 g/mol. The van der Waals surface area contributed by atoms with Crippen molar-refractivity contribution in [3.05, 3.63) is 95.9 Å². The molecular formula is C23H28IN3O2. The van der Waals surface area contributed by atoms with E-state index in [9.17, 15) is 5.11 Å². The highest BCUT2D eigenvalue weighted by Crippen LogP contribution is 2.11. The van der Waals surface area contributed by atoms with Crippen molar-refractivity contribution in [2.24, 2.45) is 4.99 Å². The molecule has 0 saturated carbocycles. The highest BCUT2D eigenvalue weighted by molar-refractivity contribution is 14.0. The largest absolute Gasteiger partial charge is 0.469 e. The first-order valence-corrected chi connectivity index (χ1v) is 9.63. The van der Waals surface area contributed by atoms with E-state index < -0.39 is 6.10 Å². The number of hydrogen-bond acceptors (Lipinski definition) is 3. The van der Waals surface area contributed by atoms with E-state index in [0.717, 1.165) is 30.7 Å². The maximum atomic E-state index is 10.4. The van der Waals surface area contributed by atoms with E-state index in [2.05, 4.69) is 27.8 Å². The fraction of sp³-hybridized carbons (Fsp3) is 0.261. The van der Waals surface area contributed by atoms with Crippen LogP contribution in [0.3, 0.4) is 0 Å². The van der Waals surface area contributed by atoms with Crippen molar-refractivity contribution < 1.29 is 9.52 Å². The number of aliphatic hydroxyl groups is 1. The van der Waals surface area contributed by atoms with Crippen molar-refractivity contribution >= 4 is 29.9 Å². The van der Waals surface area contributed by atoms with E-state index in [1.165, 1.54) is 5.56 Å². The summed E-state index contributed by atoms with van der Waals surface area (Å²) in [6.07, 6.45) is 2.73. The van der Waals surface area contributed by atoms with Gasteiger partial charge in [-0.15, -0.1) is 24.0 Å². The van der Waals surface area contributed by atoms with Crippen LogP contribution in [-0.2, 0) is 12.8 Å². The van der Waals surface area contributed by atoms with Gasteiger partial charge in [-0.1, -0.05) is 60.7 Å². The summed E-state index contributed by atoms with van der Waals surface area (Å²) >= 11 is 0. The lowest BCUT2D eigenvalue weighted by Crippen LogP contribution is -2.39. The molecule has 1 aromatic heterocycles. The predicted octanol–water partition coefficient (Wildman–Crippen LogP) is 3.95. The summed E-state index contributed by atoms with van der Waals surface area (Å²) in [5.74, 6) is 1.62. The molecule has 2 aromatic carbocycles. The molecule has 0 spiro atoms. The molecule has 1 unspecified atom stereocenters. The first-order chi connectivity index (χ1) is 13.8. The number of hydrogen-bond donors (Lipinski definition) is 3. The summed E-state index contributed by atoms with van der Waals surface area (Å²) in [5.41, 5.74) is 2.14. The lowest BCUT2D eigenvalue weighted by molar-refractivity contribution is 0.187. The van der Waals surface area contributed by atoms with Crippen LogP contribution in [0.4, 0.5) is 0 Å². The number of furan rings is 1. The van der Waals surface area contributed by atoms with E-state index in [1.54, 1.807) is 6.26 Å². The minimum atomic E-state index is -0.626. The molecule has 0 bridgehead atoms. The van der Waals surface area contributed by atoms with Gasteiger partial charge in [-0.25, -0.2) is 0 Å². The lowest BCUT2D eigenvalue weighted by Gasteiger charge is -2.14. The number of aliphatic hydroxyl groups excluding tert-OH is 1. The molecule has 3 aromatic rings. The maximum Gasteiger partial charge on any atom is 0.191 e. The molecule has 0 radical (unpaired) electrons. The quantitative estimate of drug-likeness (QED) is 0.234. The number of rotatable bonds is 9. The van der Waals surface area contributed by atoms with Crippen LogP contribution in [0.25, 0.3) is 0 Å². The Morgan fingerprint density at radius 1 is 0.862 bits per heavy atom. The number of halogens is 1. The van der Waals surface area contributed by atoms with Gasteiger partial charge >= 0.3 is 0 Å². The minimum absolute atomic E-state index is 0. The van der Waals surface area contributed by atoms with Crippen LogP contribution in [0.2, 0.25) is 0 Å². The molecule has 6 heteroatoms. The Labute approximate surface area is 189 Å². The number of benzene rings is 2. The summed E-state index contributed by atoms with van der Waals surface area (Å²) in [4.78, 5) is 4.56. The van der Waals surface area contributed by atoms with E-state index in [-0.39, 0.29) is 24.0 Å². The molecule has 3 N–H and O–H groups in total. The maximum absolute atomic E-state index is 10.4. The molecule has 1 heterocycles. The van der Waals surface area contributed by atoms with E-state index in [0.29, 0.717) is 19.0 Å². The average Bonchev–Trinajstić information content (AvgIpc) is 3.26. The second kappa shape index (κ2) is 13.0. The Morgan fingerprint density at radius 2 is 1.52 bits per heavy atom. The van der Waals surface area contributed by atoms with Gasteiger partial charge in [0.2, 0.25) is 0 Å². The summed E-state index contributed by atoms with van der Waals surface area (Å²) in [6, 6.07) is 23.8. The molecule has 1 atom stereocenters. The van der Waals surface area contributed by atoms with Gasteiger partial charge in [0.05, 0.1) is 18.9 Å². The first-order valence-electron chi connectivity index (χ1n) is 9.63. The van der Waals surface area contributed by atoms with E-state index in [4.69, 9.17) is 4.42 Å². The number of nitrogens with zero attached hydrogens (tertiary/aromatic N) is 1. The Morgan fingerprint density at radius 3 is 2.17 bits per heavy atom. The molecule has 0 aliphatic heterocycles. The minimum Gasteiger partial charge on any atom is -0.469 e. The zero-order valence-electron chi connectivity index (χ0n) is 16.3. The number of aliphatic imine (C=N–C) groups is 1. The zero-order valence-corrected chi connectivity index (χ0v) is 18.7. The highest BCUT2D eigenvalue weighted by Gasteiger charge is 2.07. The number of nitrogens with one attached hydrogen (secondary N) is 2. The molecule has 0 aliphatic rings. The van der Waals surface area contributed by atoms with Gasteiger partial charge in [0.15, 0.2) is 5.96 Å². The SMILES string of the molecule is I.OC(CN=C(NCCc1ccccc1)NCCc1ccco1)c1ccccc1. The van der Waals surface area contributed by atoms with Crippen LogP contribution in [0, 0.1) is 0 Å². The van der Waals surface area contributed by atoms with Crippen LogP contribution in [0.15, 0.2) is 88.5 Å². The summed E-state index contributed by atoms with van der Waals surface area (Å²) in [7, 11) is 0. The Balaban J connectivity index is 0.00000300. The van der Waals surface area contributed by atoms with Gasteiger partial charge in [-0.05, 0) is 29.7 Å². The third-order valence-corrected chi connectivity index (χ3v) is 4.40. The fourth-order valence-corrected chi connectivity index (χ4v) is 2.86. The van der Waals surface area contributed by atoms with Gasteiger partial charge in [-0.3, -0.25) is 4.99 Å². The summed E-state index contributed by atoms with van der Waals surface area (Å²) in [6.45, 7) is 1.76. The monoisotopic (exact) mass is 505 g/mol. The molecule has 154 valence electrons. The number of guanidine groups is 1. The van der Waals surface area contributed by atoms with Crippen molar-refractivity contribution in [2.45, 2.75) is 18.9 Å². The van der Waals surface area contributed by atoms with Gasteiger partial charge in [0.1, 0.15) is 5.76 Å². The van der Waals surface area contributed by atoms with E-state index >= 15 is 0 Å². The predicted molar refractivity (Wildman–Crippen MR) is 128 cm³/mol. The van der Waals surface area contributed by atoms with Crippen molar-refractivity contribution in [3.63, 3.8) is 0 Å². The highest BCUT2D eigenvalue weighted by atomic mass is 127. The van der Waals surface area contributed by atoms with Crippen LogP contribution >= 0.6 is 24.0 Å². The molecule has 0 fully saturated rings. The molecule has 0 aliphatic carbocycles. The van der Waals surface area contributed by atoms with Gasteiger partial charge in [0, 0.05) is 19.5 Å². The first kappa shape index (κ1) is 23.0.